The minimum atomic E-state index is -3.80. The molecule has 0 radical (unpaired) electrons. The average molecular weight is 527 g/mol. The summed E-state index contributed by atoms with van der Waals surface area (Å²) in [7, 11) is -3.80. The zero-order chi connectivity index (χ0) is 25.6. The number of nitrogens with one attached hydrogen (secondary N) is 1. The summed E-state index contributed by atoms with van der Waals surface area (Å²) in [6, 6.07) is 14.1. The molecular formula is C27H30N2O3S3. The molecule has 1 N–H and O–H groups in total. The lowest BCUT2D eigenvalue weighted by Crippen LogP contribution is -2.56. The van der Waals surface area contributed by atoms with Crippen LogP contribution in [-0.2, 0) is 26.7 Å². The summed E-state index contributed by atoms with van der Waals surface area (Å²) < 4.78 is 43.7. The van der Waals surface area contributed by atoms with Crippen LogP contribution in [0, 0.1) is 23.2 Å². The first-order valence-electron chi connectivity index (χ1n) is 11.6. The van der Waals surface area contributed by atoms with E-state index in [9.17, 15) is 18.2 Å². The molecule has 1 aromatic heterocycles. The van der Waals surface area contributed by atoms with Gasteiger partial charge in [0.25, 0.3) is 0 Å². The molecule has 184 valence electrons. The van der Waals surface area contributed by atoms with E-state index in [0.717, 1.165) is 37.7 Å². The van der Waals surface area contributed by atoms with Gasteiger partial charge in [-0.25, -0.2) is 8.42 Å². The number of fused-ring (bicyclic) bond motifs is 3. The molecule has 8 heteroatoms. The standard InChI is InChI=1S/C27H30N2O3S3/c1-6-8-19-9-11-23-21(15-19)22-16-20(10-12-24(22)33-23)26(5,29-34(30)25(2,3)4)18-35(31,32)27(17-28)13-7-14-27/h9-12,15-16,29H,7,13-14,18H2,1-5H3/t26?,34-/m1/s1. The number of nitriles is 1. The van der Waals surface area contributed by atoms with Gasteiger partial charge in [-0.1, -0.05) is 12.0 Å². The van der Waals surface area contributed by atoms with Gasteiger partial charge in [0.2, 0.25) is 0 Å². The molecule has 1 saturated carbocycles. The van der Waals surface area contributed by atoms with Crippen LogP contribution in [0.5, 0.6) is 0 Å². The summed E-state index contributed by atoms with van der Waals surface area (Å²) in [6.45, 7) is 9.12. The number of rotatable bonds is 6. The Morgan fingerprint density at radius 2 is 1.74 bits per heavy atom. The summed E-state index contributed by atoms with van der Waals surface area (Å²) in [5.41, 5.74) is 0.494. The largest absolute Gasteiger partial charge is 0.598 e. The van der Waals surface area contributed by atoms with Crippen molar-refractivity contribution in [1.82, 2.24) is 4.72 Å². The summed E-state index contributed by atoms with van der Waals surface area (Å²) in [5.74, 6) is 5.72. The van der Waals surface area contributed by atoms with Crippen LogP contribution in [0.4, 0.5) is 0 Å². The summed E-state index contributed by atoms with van der Waals surface area (Å²) in [4.78, 5) is 0. The highest BCUT2D eigenvalue weighted by molar-refractivity contribution is 7.93. The van der Waals surface area contributed by atoms with E-state index < -0.39 is 36.2 Å². The third kappa shape index (κ3) is 4.71. The molecule has 35 heavy (non-hydrogen) atoms. The van der Waals surface area contributed by atoms with Gasteiger partial charge in [-0.15, -0.1) is 22.0 Å². The van der Waals surface area contributed by atoms with Gasteiger partial charge in [0, 0.05) is 37.1 Å². The predicted octanol–water partition coefficient (Wildman–Crippen LogP) is 5.55. The normalized spacial score (nSPS) is 18.2. The highest BCUT2D eigenvalue weighted by atomic mass is 32.2. The Labute approximate surface area is 215 Å². The Hall–Kier alpha value is -2.07. The Kier molecular flexibility index (Phi) is 6.76. The molecule has 0 amide bonds. The number of hydrogen-bond acceptors (Lipinski definition) is 6. The van der Waals surface area contributed by atoms with Gasteiger partial charge in [-0.3, -0.25) is 0 Å². The van der Waals surface area contributed by atoms with Crippen LogP contribution in [-0.4, -0.2) is 28.2 Å². The maximum absolute atomic E-state index is 13.6. The van der Waals surface area contributed by atoms with Crippen LogP contribution in [0.25, 0.3) is 20.2 Å². The fourth-order valence-corrected chi connectivity index (χ4v) is 8.77. The molecule has 0 bridgehead atoms. The monoisotopic (exact) mass is 526 g/mol. The van der Waals surface area contributed by atoms with Crippen molar-refractivity contribution in [1.29, 1.82) is 5.26 Å². The second-order valence-electron chi connectivity index (χ2n) is 10.4. The van der Waals surface area contributed by atoms with Crippen molar-refractivity contribution in [3.63, 3.8) is 0 Å². The van der Waals surface area contributed by atoms with E-state index in [1.165, 1.54) is 0 Å². The second kappa shape index (κ2) is 9.10. The molecule has 3 aromatic rings. The third-order valence-corrected chi connectivity index (χ3v) is 12.2. The lowest BCUT2D eigenvalue weighted by Gasteiger charge is -2.40. The van der Waals surface area contributed by atoms with Crippen molar-refractivity contribution in [2.45, 2.75) is 68.9 Å². The number of benzene rings is 2. The van der Waals surface area contributed by atoms with Crippen molar-refractivity contribution in [2.75, 3.05) is 5.75 Å². The molecule has 1 aliphatic carbocycles. The van der Waals surface area contributed by atoms with Crippen molar-refractivity contribution in [2.24, 2.45) is 0 Å². The van der Waals surface area contributed by atoms with Gasteiger partial charge in [0.05, 0.1) is 17.4 Å². The second-order valence-corrected chi connectivity index (χ2v) is 15.8. The summed E-state index contributed by atoms with van der Waals surface area (Å²) in [6.07, 6.45) is 1.42. The molecule has 0 spiro atoms. The Morgan fingerprint density at radius 1 is 1.11 bits per heavy atom. The Balaban J connectivity index is 1.86. The van der Waals surface area contributed by atoms with E-state index in [4.69, 9.17) is 0 Å². The van der Waals surface area contributed by atoms with E-state index in [-0.39, 0.29) is 5.75 Å². The van der Waals surface area contributed by atoms with Crippen LogP contribution in [0.1, 0.15) is 65.0 Å². The average Bonchev–Trinajstić information content (AvgIpc) is 3.09. The maximum atomic E-state index is 13.6. The topological polar surface area (TPSA) is 93.0 Å². The predicted molar refractivity (Wildman–Crippen MR) is 146 cm³/mol. The van der Waals surface area contributed by atoms with Gasteiger partial charge in [-0.05, 0) is 89.8 Å². The number of nitrogens with zero attached hydrogens (tertiary/aromatic N) is 1. The van der Waals surface area contributed by atoms with Crippen molar-refractivity contribution >= 4 is 52.7 Å². The van der Waals surface area contributed by atoms with Crippen LogP contribution < -0.4 is 4.72 Å². The minimum Gasteiger partial charge on any atom is -0.598 e. The SMILES string of the molecule is CC#Cc1ccc2sc3ccc(C(C)(CS(=O)(=O)C4(C#N)CCC4)N[S@+]([O-])C(C)(C)C)cc3c2c1. The lowest BCUT2D eigenvalue weighted by atomic mass is 9.86. The van der Waals surface area contributed by atoms with Crippen LogP contribution in [0.2, 0.25) is 0 Å². The van der Waals surface area contributed by atoms with E-state index in [1.807, 2.05) is 45.0 Å². The zero-order valence-corrected chi connectivity index (χ0v) is 23.1. The maximum Gasteiger partial charge on any atom is 0.171 e. The van der Waals surface area contributed by atoms with Crippen LogP contribution in [0.3, 0.4) is 0 Å². The fourth-order valence-electron chi connectivity index (χ4n) is 4.38. The molecule has 2 aromatic carbocycles. The molecular weight excluding hydrogens is 497 g/mol. The Bertz CT molecular complexity index is 1500. The van der Waals surface area contributed by atoms with Crippen molar-refractivity contribution < 1.29 is 13.0 Å². The molecule has 1 aliphatic rings. The first kappa shape index (κ1) is 26.0. The molecule has 1 heterocycles. The third-order valence-electron chi connectivity index (χ3n) is 6.69. The smallest absolute Gasteiger partial charge is 0.171 e. The van der Waals surface area contributed by atoms with Gasteiger partial charge >= 0.3 is 0 Å². The molecule has 4 rings (SSSR count). The van der Waals surface area contributed by atoms with E-state index >= 15 is 0 Å². The van der Waals surface area contributed by atoms with Gasteiger partial charge < -0.3 is 4.55 Å². The van der Waals surface area contributed by atoms with Crippen molar-refractivity contribution in [3.05, 3.63) is 47.5 Å². The van der Waals surface area contributed by atoms with E-state index in [2.05, 4.69) is 34.8 Å². The number of thiophene rings is 1. The van der Waals surface area contributed by atoms with Gasteiger partial charge in [-0.2, -0.15) is 5.26 Å². The summed E-state index contributed by atoms with van der Waals surface area (Å²) >= 11 is 0.145. The molecule has 1 unspecified atom stereocenters. The van der Waals surface area contributed by atoms with E-state index in [1.54, 1.807) is 25.2 Å². The Morgan fingerprint density at radius 3 is 2.29 bits per heavy atom. The fraction of sp³-hybridized carbons (Fsp3) is 0.444. The molecule has 0 saturated heterocycles. The quantitative estimate of drug-likeness (QED) is 0.336. The number of hydrogen-bond donors (Lipinski definition) is 1. The molecule has 2 atom stereocenters. The first-order valence-corrected chi connectivity index (χ1v) is 15.2. The van der Waals surface area contributed by atoms with E-state index in [0.29, 0.717) is 12.8 Å². The van der Waals surface area contributed by atoms with Crippen LogP contribution >= 0.6 is 11.3 Å². The van der Waals surface area contributed by atoms with Gasteiger partial charge in [0.15, 0.2) is 14.6 Å². The zero-order valence-electron chi connectivity index (χ0n) is 20.7. The van der Waals surface area contributed by atoms with Gasteiger partial charge in [0.1, 0.15) is 4.75 Å². The molecule has 1 fully saturated rings. The number of sulfone groups is 1. The minimum absolute atomic E-state index is 0.310. The lowest BCUT2D eigenvalue weighted by molar-refractivity contribution is 0.393. The van der Waals surface area contributed by atoms with Crippen molar-refractivity contribution in [3.8, 4) is 17.9 Å². The summed E-state index contributed by atoms with van der Waals surface area (Å²) in [5, 5.41) is 11.8. The highest BCUT2D eigenvalue weighted by Gasteiger charge is 2.53. The first-order chi connectivity index (χ1) is 16.3. The molecule has 5 nitrogen and oxygen atoms in total. The van der Waals surface area contributed by atoms with Crippen LogP contribution in [0.15, 0.2) is 36.4 Å². The highest BCUT2D eigenvalue weighted by Crippen LogP contribution is 2.43. The molecule has 0 aliphatic heterocycles.